The van der Waals surface area contributed by atoms with Crippen LogP contribution in [0.4, 0.5) is 26.0 Å². The molecule has 1 aromatic carbocycles. The lowest BCUT2D eigenvalue weighted by molar-refractivity contribution is -0.117. The molecule has 2 N–H and O–H groups in total. The number of amides is 1. The number of aryl methyl sites for hydroxylation is 1. The van der Waals surface area contributed by atoms with Crippen molar-refractivity contribution in [3.8, 4) is 11.3 Å². The highest BCUT2D eigenvalue weighted by Crippen LogP contribution is 2.38. The van der Waals surface area contributed by atoms with Gasteiger partial charge in [0.05, 0.1) is 16.3 Å². The van der Waals surface area contributed by atoms with E-state index < -0.39 is 28.3 Å². The smallest absolute Gasteiger partial charge is 0.295 e. The van der Waals surface area contributed by atoms with Crippen molar-refractivity contribution in [2.24, 2.45) is 5.92 Å². The van der Waals surface area contributed by atoms with Gasteiger partial charge in [-0.3, -0.25) is 9.36 Å². The molecule has 10 nitrogen and oxygen atoms in total. The SMILES string of the molecule is Cc1ccc(-c2ccc(Nc3cc(NC(=O)C4CC4)nc4c3nc(C(F)F)n4C3CCCCO3)c(S(C)(=O)=O)c2)o1. The first-order valence-corrected chi connectivity index (χ1v) is 15.3. The van der Waals surface area contributed by atoms with Crippen LogP contribution in [0.15, 0.2) is 45.7 Å². The molecular formula is C28H29F2N5O5S. The summed E-state index contributed by atoms with van der Waals surface area (Å²) < 4.78 is 67.1. The van der Waals surface area contributed by atoms with Gasteiger partial charge < -0.3 is 19.8 Å². The number of hydrogen-bond acceptors (Lipinski definition) is 8. The molecule has 1 atom stereocenters. The van der Waals surface area contributed by atoms with Crippen LogP contribution < -0.4 is 10.6 Å². The number of rotatable bonds is 8. The number of nitrogens with one attached hydrogen (secondary N) is 2. The first-order valence-electron chi connectivity index (χ1n) is 13.4. The molecule has 4 heterocycles. The van der Waals surface area contributed by atoms with E-state index in [-0.39, 0.29) is 45.1 Å². The highest BCUT2D eigenvalue weighted by molar-refractivity contribution is 7.90. The fraction of sp³-hybridized carbons (Fsp3) is 0.393. The van der Waals surface area contributed by atoms with Gasteiger partial charge in [0.25, 0.3) is 6.43 Å². The lowest BCUT2D eigenvalue weighted by atomic mass is 10.1. The molecule has 216 valence electrons. The van der Waals surface area contributed by atoms with Gasteiger partial charge in [-0.05, 0) is 69.4 Å². The van der Waals surface area contributed by atoms with Crippen molar-refractivity contribution in [1.29, 1.82) is 0 Å². The molecule has 1 saturated carbocycles. The molecule has 13 heteroatoms. The van der Waals surface area contributed by atoms with Crippen LogP contribution in [0.3, 0.4) is 0 Å². The van der Waals surface area contributed by atoms with Crippen LogP contribution in [0.2, 0.25) is 0 Å². The second-order valence-electron chi connectivity index (χ2n) is 10.5. The van der Waals surface area contributed by atoms with Crippen molar-refractivity contribution in [2.45, 2.75) is 56.6 Å². The van der Waals surface area contributed by atoms with E-state index in [1.165, 1.54) is 16.7 Å². The van der Waals surface area contributed by atoms with E-state index in [9.17, 15) is 22.0 Å². The fourth-order valence-corrected chi connectivity index (χ4v) is 5.86. The first kappa shape index (κ1) is 27.3. The number of alkyl halides is 2. The number of pyridine rings is 1. The third kappa shape index (κ3) is 5.55. The largest absolute Gasteiger partial charge is 0.461 e. The molecular weight excluding hydrogens is 556 g/mol. The van der Waals surface area contributed by atoms with Crippen LogP contribution in [-0.2, 0) is 19.4 Å². The van der Waals surface area contributed by atoms with Crippen LogP contribution in [-0.4, -0.2) is 41.7 Å². The number of nitrogens with zero attached hydrogens (tertiary/aromatic N) is 3. The van der Waals surface area contributed by atoms with Gasteiger partial charge in [0.2, 0.25) is 5.91 Å². The summed E-state index contributed by atoms with van der Waals surface area (Å²) >= 11 is 0. The molecule has 1 unspecified atom stereocenters. The minimum Gasteiger partial charge on any atom is -0.461 e. The molecule has 0 bridgehead atoms. The minimum atomic E-state index is -3.75. The van der Waals surface area contributed by atoms with Crippen molar-refractivity contribution in [2.75, 3.05) is 23.5 Å². The number of carbonyl (C=O) groups is 1. The predicted octanol–water partition coefficient (Wildman–Crippen LogP) is 6.13. The first-order chi connectivity index (χ1) is 19.6. The van der Waals surface area contributed by atoms with E-state index in [1.807, 2.05) is 0 Å². The van der Waals surface area contributed by atoms with E-state index >= 15 is 0 Å². The second-order valence-corrected chi connectivity index (χ2v) is 12.5. The van der Waals surface area contributed by atoms with Crippen LogP contribution in [0.25, 0.3) is 22.5 Å². The quantitative estimate of drug-likeness (QED) is 0.253. The molecule has 6 rings (SSSR count). The predicted molar refractivity (Wildman–Crippen MR) is 148 cm³/mol. The van der Waals surface area contributed by atoms with E-state index in [0.29, 0.717) is 30.1 Å². The van der Waals surface area contributed by atoms with Crippen molar-refractivity contribution in [3.05, 3.63) is 48.0 Å². The molecule has 1 aliphatic carbocycles. The maximum absolute atomic E-state index is 14.3. The third-order valence-corrected chi connectivity index (χ3v) is 8.33. The normalized spacial score (nSPS) is 17.7. The molecule has 3 aromatic heterocycles. The van der Waals surface area contributed by atoms with Gasteiger partial charge in [-0.15, -0.1) is 0 Å². The molecule has 1 amide bonds. The monoisotopic (exact) mass is 585 g/mol. The van der Waals surface area contributed by atoms with Crippen molar-refractivity contribution in [1.82, 2.24) is 14.5 Å². The molecule has 2 fully saturated rings. The number of fused-ring (bicyclic) bond motifs is 1. The number of aromatic nitrogens is 3. The highest BCUT2D eigenvalue weighted by atomic mass is 32.2. The standard InChI is InChI=1S/C28H29F2N5O5S/c1-15-6-11-20(40-15)17-9-10-18(21(13-17)41(2,37)38)31-19-14-22(33-28(36)16-7-8-16)32-26-24(19)34-27(25(29)30)35(26)23-5-3-4-12-39-23/h6,9-11,13-14,16,23,25H,3-5,7-8,12H2,1-2H3,(H2,31,32,33,36). The van der Waals surface area contributed by atoms with Crippen molar-refractivity contribution >= 4 is 44.1 Å². The molecule has 4 aromatic rings. The minimum absolute atomic E-state index is 0.0262. The number of ether oxygens (including phenoxy) is 1. The number of furan rings is 1. The Morgan fingerprint density at radius 3 is 2.51 bits per heavy atom. The van der Waals surface area contributed by atoms with E-state index in [1.54, 1.807) is 31.2 Å². The summed E-state index contributed by atoms with van der Waals surface area (Å²) in [4.78, 5) is 21.3. The third-order valence-electron chi connectivity index (χ3n) is 7.19. The lowest BCUT2D eigenvalue weighted by Gasteiger charge is -2.25. The van der Waals surface area contributed by atoms with Gasteiger partial charge in [0, 0.05) is 30.4 Å². The van der Waals surface area contributed by atoms with Crippen molar-refractivity contribution in [3.63, 3.8) is 0 Å². The van der Waals surface area contributed by atoms with Gasteiger partial charge in [-0.1, -0.05) is 0 Å². The zero-order valence-corrected chi connectivity index (χ0v) is 23.3. The summed E-state index contributed by atoms with van der Waals surface area (Å²) in [6.45, 7) is 2.20. The molecule has 1 aliphatic heterocycles. The van der Waals surface area contributed by atoms with Gasteiger partial charge in [-0.25, -0.2) is 27.2 Å². The number of sulfone groups is 1. The lowest BCUT2D eigenvalue weighted by Crippen LogP contribution is -2.21. The van der Waals surface area contributed by atoms with Crippen LogP contribution >= 0.6 is 0 Å². The molecule has 1 saturated heterocycles. The van der Waals surface area contributed by atoms with Gasteiger partial charge in [0.15, 0.2) is 21.3 Å². The Kier molecular flexibility index (Phi) is 7.02. The Labute approximate surface area is 235 Å². The summed E-state index contributed by atoms with van der Waals surface area (Å²) in [5.74, 6) is 0.463. The zero-order chi connectivity index (χ0) is 28.9. The maximum Gasteiger partial charge on any atom is 0.295 e. The number of benzene rings is 1. The van der Waals surface area contributed by atoms with E-state index in [4.69, 9.17) is 9.15 Å². The summed E-state index contributed by atoms with van der Waals surface area (Å²) in [7, 11) is -3.75. The van der Waals surface area contributed by atoms with Gasteiger partial charge >= 0.3 is 0 Å². The fourth-order valence-electron chi connectivity index (χ4n) is 5.00. The number of halogens is 2. The van der Waals surface area contributed by atoms with Gasteiger partial charge in [-0.2, -0.15) is 0 Å². The van der Waals surface area contributed by atoms with Crippen LogP contribution in [0.1, 0.15) is 56.3 Å². The van der Waals surface area contributed by atoms with Gasteiger partial charge in [0.1, 0.15) is 29.1 Å². The van der Waals surface area contributed by atoms with Crippen LogP contribution in [0.5, 0.6) is 0 Å². The Morgan fingerprint density at radius 2 is 1.88 bits per heavy atom. The summed E-state index contributed by atoms with van der Waals surface area (Å²) in [5.41, 5.74) is 1.17. The summed E-state index contributed by atoms with van der Waals surface area (Å²) in [6.07, 6.45) is 1.10. The molecule has 2 aliphatic rings. The Morgan fingerprint density at radius 1 is 1.07 bits per heavy atom. The topological polar surface area (TPSA) is 128 Å². The molecule has 41 heavy (non-hydrogen) atoms. The van der Waals surface area contributed by atoms with Crippen molar-refractivity contribution < 1.29 is 31.1 Å². The average molecular weight is 586 g/mol. The van der Waals surface area contributed by atoms with E-state index in [2.05, 4.69) is 20.6 Å². The van der Waals surface area contributed by atoms with E-state index in [0.717, 1.165) is 31.9 Å². The number of anilines is 3. The summed E-state index contributed by atoms with van der Waals surface area (Å²) in [6, 6.07) is 9.77. The zero-order valence-electron chi connectivity index (χ0n) is 22.5. The number of hydrogen-bond donors (Lipinski definition) is 2. The highest BCUT2D eigenvalue weighted by Gasteiger charge is 2.32. The Bertz CT molecular complexity index is 1740. The molecule has 0 spiro atoms. The Hall–Kier alpha value is -3.84. The number of imidazole rings is 1. The number of carbonyl (C=O) groups excluding carboxylic acids is 1. The Balaban J connectivity index is 1.50. The molecule has 0 radical (unpaired) electrons. The maximum atomic E-state index is 14.3. The van der Waals surface area contributed by atoms with Crippen LogP contribution in [0, 0.1) is 12.8 Å². The summed E-state index contributed by atoms with van der Waals surface area (Å²) in [5, 5.41) is 5.86. The second kappa shape index (κ2) is 10.5. The average Bonchev–Trinajstić information content (AvgIpc) is 3.58.